The number of amides is 3. The normalized spacial score (nSPS) is 13.5. The highest BCUT2D eigenvalue weighted by Gasteiger charge is 2.31. The molecule has 39 heavy (non-hydrogen) atoms. The first-order valence-corrected chi connectivity index (χ1v) is 13.2. The topological polar surface area (TPSA) is 87.7 Å². The zero-order valence-electron chi connectivity index (χ0n) is 22.8. The van der Waals surface area contributed by atoms with E-state index in [4.69, 9.17) is 4.84 Å². The third kappa shape index (κ3) is 6.82. The second kappa shape index (κ2) is 12.1. The Labute approximate surface area is 228 Å². The van der Waals surface area contributed by atoms with Crippen molar-refractivity contribution in [3.63, 3.8) is 0 Å². The van der Waals surface area contributed by atoms with Crippen molar-refractivity contribution in [2.75, 3.05) is 10.6 Å². The van der Waals surface area contributed by atoms with Crippen LogP contribution in [0.3, 0.4) is 0 Å². The molecule has 0 saturated heterocycles. The largest absolute Gasteiger partial charge is 0.338 e. The van der Waals surface area contributed by atoms with Gasteiger partial charge in [0.1, 0.15) is 5.82 Å². The maximum absolute atomic E-state index is 13.8. The Kier molecular flexibility index (Phi) is 8.64. The van der Waals surface area contributed by atoms with Gasteiger partial charge < -0.3 is 15.5 Å². The number of hydrogen-bond acceptors (Lipinski definition) is 4. The smallest absolute Gasteiger partial charge is 0.329 e. The molecule has 1 fully saturated rings. The van der Waals surface area contributed by atoms with Gasteiger partial charge in [0.15, 0.2) is 0 Å². The van der Waals surface area contributed by atoms with Gasteiger partial charge in [0, 0.05) is 12.6 Å². The lowest BCUT2D eigenvalue weighted by Crippen LogP contribution is -2.42. The van der Waals surface area contributed by atoms with E-state index in [0.717, 1.165) is 53.9 Å². The number of nitrogens with zero attached hydrogens (tertiary/aromatic N) is 1. The summed E-state index contributed by atoms with van der Waals surface area (Å²) in [7, 11) is 0. The van der Waals surface area contributed by atoms with E-state index in [-0.39, 0.29) is 23.1 Å². The summed E-state index contributed by atoms with van der Waals surface area (Å²) < 4.78 is 13.5. The molecule has 1 saturated carbocycles. The number of hydroxylamine groups is 2. The average Bonchev–Trinajstić information content (AvgIpc) is 2.90. The molecule has 0 radical (unpaired) electrons. The zero-order valence-corrected chi connectivity index (χ0v) is 22.8. The van der Waals surface area contributed by atoms with Gasteiger partial charge in [-0.15, -0.1) is 0 Å². The van der Waals surface area contributed by atoms with Crippen LogP contribution in [-0.2, 0) is 9.63 Å². The van der Waals surface area contributed by atoms with Crippen molar-refractivity contribution < 1.29 is 23.6 Å². The highest BCUT2D eigenvalue weighted by atomic mass is 19.1. The summed E-state index contributed by atoms with van der Waals surface area (Å²) in [6, 6.07) is 14.1. The standard InChI is InChI=1S/C31H34FN3O4/c1-19-16-20(2)29(21(3)17-19)34-31(38)33-28-18-24(23-10-13-25(32)14-11-23)12-15-27(28)30(37)35(39-22(4)36)26-8-6-5-7-9-26/h10-18,26H,5-9H2,1-4H3,(H2,33,34,38). The summed E-state index contributed by atoms with van der Waals surface area (Å²) in [4.78, 5) is 44.3. The maximum Gasteiger partial charge on any atom is 0.329 e. The van der Waals surface area contributed by atoms with Crippen molar-refractivity contribution in [1.29, 1.82) is 0 Å². The fourth-order valence-electron chi connectivity index (χ4n) is 5.15. The monoisotopic (exact) mass is 531 g/mol. The number of anilines is 2. The van der Waals surface area contributed by atoms with Crippen molar-refractivity contribution in [3.05, 3.63) is 82.7 Å². The van der Waals surface area contributed by atoms with Gasteiger partial charge in [-0.25, -0.2) is 9.18 Å². The molecule has 204 valence electrons. The molecule has 0 bridgehead atoms. The zero-order chi connectivity index (χ0) is 28.1. The van der Waals surface area contributed by atoms with Crippen molar-refractivity contribution in [2.24, 2.45) is 0 Å². The van der Waals surface area contributed by atoms with Crippen LogP contribution in [0.2, 0.25) is 0 Å². The molecule has 1 aliphatic rings. The summed E-state index contributed by atoms with van der Waals surface area (Å²) in [5, 5.41) is 6.89. The van der Waals surface area contributed by atoms with Gasteiger partial charge >= 0.3 is 12.0 Å². The maximum atomic E-state index is 13.8. The fraction of sp³-hybridized carbons (Fsp3) is 0.323. The third-order valence-corrected chi connectivity index (χ3v) is 6.92. The van der Waals surface area contributed by atoms with Crippen LogP contribution in [0.25, 0.3) is 11.1 Å². The Bertz CT molecular complexity index is 1360. The number of halogens is 1. The Hall–Kier alpha value is -4.20. The van der Waals surface area contributed by atoms with Gasteiger partial charge in [-0.3, -0.25) is 9.59 Å². The van der Waals surface area contributed by atoms with Crippen LogP contribution in [0.4, 0.5) is 20.6 Å². The Morgan fingerprint density at radius 1 is 0.846 bits per heavy atom. The number of aryl methyl sites for hydroxylation is 3. The van der Waals surface area contributed by atoms with Crippen LogP contribution in [0.15, 0.2) is 54.6 Å². The summed E-state index contributed by atoms with van der Waals surface area (Å²) in [6.07, 6.45) is 4.38. The van der Waals surface area contributed by atoms with E-state index in [9.17, 15) is 18.8 Å². The molecule has 3 aromatic carbocycles. The number of benzene rings is 3. The van der Waals surface area contributed by atoms with E-state index in [1.54, 1.807) is 30.3 Å². The quantitative estimate of drug-likeness (QED) is 0.338. The Balaban J connectivity index is 1.70. The van der Waals surface area contributed by atoms with Gasteiger partial charge in [-0.1, -0.05) is 55.2 Å². The molecular formula is C31H34FN3O4. The molecule has 0 aliphatic heterocycles. The minimum atomic E-state index is -0.588. The molecule has 4 rings (SSSR count). The minimum absolute atomic E-state index is 0.181. The molecule has 3 aromatic rings. The predicted octanol–water partition coefficient (Wildman–Crippen LogP) is 7.31. The molecular weight excluding hydrogens is 497 g/mol. The van der Waals surface area contributed by atoms with E-state index in [1.807, 2.05) is 32.9 Å². The van der Waals surface area contributed by atoms with E-state index in [1.165, 1.54) is 19.1 Å². The van der Waals surface area contributed by atoms with E-state index < -0.39 is 17.9 Å². The summed E-state index contributed by atoms with van der Waals surface area (Å²) >= 11 is 0. The summed E-state index contributed by atoms with van der Waals surface area (Å²) in [5.74, 6) is -1.47. The van der Waals surface area contributed by atoms with Crippen LogP contribution in [0, 0.1) is 26.6 Å². The highest BCUT2D eigenvalue weighted by molar-refractivity contribution is 6.07. The SMILES string of the molecule is CC(=O)ON(C(=O)c1ccc(-c2ccc(F)cc2)cc1NC(=O)Nc1c(C)cc(C)cc1C)C1CCCCC1. The molecule has 0 spiro atoms. The molecule has 0 heterocycles. The first kappa shape index (κ1) is 27.8. The Morgan fingerprint density at radius 3 is 2.08 bits per heavy atom. The molecule has 8 heteroatoms. The van der Waals surface area contributed by atoms with Crippen molar-refractivity contribution in [3.8, 4) is 11.1 Å². The third-order valence-electron chi connectivity index (χ3n) is 6.92. The van der Waals surface area contributed by atoms with Crippen LogP contribution in [-0.4, -0.2) is 29.0 Å². The second-order valence-electron chi connectivity index (χ2n) is 10.1. The molecule has 0 aromatic heterocycles. The summed E-state index contributed by atoms with van der Waals surface area (Å²) in [6.45, 7) is 7.09. The van der Waals surface area contributed by atoms with Crippen LogP contribution >= 0.6 is 0 Å². The van der Waals surface area contributed by atoms with Gasteiger partial charge in [-0.05, 0) is 80.1 Å². The second-order valence-corrected chi connectivity index (χ2v) is 10.1. The average molecular weight is 532 g/mol. The van der Waals surface area contributed by atoms with Crippen molar-refractivity contribution in [2.45, 2.75) is 65.8 Å². The number of rotatable bonds is 5. The molecule has 3 amide bonds. The van der Waals surface area contributed by atoms with E-state index >= 15 is 0 Å². The summed E-state index contributed by atoms with van der Waals surface area (Å²) in [5.41, 5.74) is 5.42. The van der Waals surface area contributed by atoms with Gasteiger partial charge in [-0.2, -0.15) is 5.06 Å². The lowest BCUT2D eigenvalue weighted by Gasteiger charge is -2.32. The van der Waals surface area contributed by atoms with Crippen LogP contribution < -0.4 is 10.6 Å². The lowest BCUT2D eigenvalue weighted by molar-refractivity contribution is -0.185. The van der Waals surface area contributed by atoms with Crippen LogP contribution in [0.1, 0.15) is 66.1 Å². The van der Waals surface area contributed by atoms with Crippen molar-refractivity contribution in [1.82, 2.24) is 5.06 Å². The molecule has 2 N–H and O–H groups in total. The molecule has 7 nitrogen and oxygen atoms in total. The van der Waals surface area contributed by atoms with Gasteiger partial charge in [0.2, 0.25) is 0 Å². The molecule has 0 unspecified atom stereocenters. The number of nitrogens with one attached hydrogen (secondary N) is 2. The van der Waals surface area contributed by atoms with E-state index in [0.29, 0.717) is 16.8 Å². The predicted molar refractivity (Wildman–Crippen MR) is 150 cm³/mol. The molecule has 0 atom stereocenters. The first-order chi connectivity index (χ1) is 18.6. The number of hydrogen-bond donors (Lipinski definition) is 2. The fourth-order valence-corrected chi connectivity index (χ4v) is 5.15. The van der Waals surface area contributed by atoms with E-state index in [2.05, 4.69) is 10.6 Å². The van der Waals surface area contributed by atoms with Gasteiger partial charge in [0.25, 0.3) is 5.91 Å². The number of carbonyl (C=O) groups excluding carboxylic acids is 3. The minimum Gasteiger partial charge on any atom is -0.338 e. The molecule has 1 aliphatic carbocycles. The highest BCUT2D eigenvalue weighted by Crippen LogP contribution is 2.31. The first-order valence-electron chi connectivity index (χ1n) is 13.2. The van der Waals surface area contributed by atoms with Gasteiger partial charge in [0.05, 0.1) is 17.3 Å². The Morgan fingerprint density at radius 2 is 1.46 bits per heavy atom. The van der Waals surface area contributed by atoms with Crippen LogP contribution in [0.5, 0.6) is 0 Å². The lowest BCUT2D eigenvalue weighted by atomic mass is 9.94. The number of carbonyl (C=O) groups is 3. The van der Waals surface area contributed by atoms with Crippen molar-refractivity contribution >= 4 is 29.3 Å². The number of urea groups is 1.